The largest absolute Gasteiger partial charge is 0.388 e. The Morgan fingerprint density at radius 3 is 2.71 bits per heavy atom. The number of carbonyl (C=O) groups excluding carboxylic acids is 1. The van der Waals surface area contributed by atoms with E-state index in [1.165, 1.54) is 25.7 Å². The average Bonchev–Trinajstić information content (AvgIpc) is 2.20. The van der Waals surface area contributed by atoms with Gasteiger partial charge in [-0.15, -0.1) is 0 Å². The first-order chi connectivity index (χ1) is 8.07. The Bertz CT molecular complexity index is 275. The van der Waals surface area contributed by atoms with Gasteiger partial charge in [-0.05, 0) is 37.5 Å². The van der Waals surface area contributed by atoms with Crippen LogP contribution in [-0.4, -0.2) is 23.2 Å². The molecule has 0 saturated heterocycles. The van der Waals surface area contributed by atoms with E-state index in [0.717, 1.165) is 19.3 Å². The molecule has 3 nitrogen and oxygen atoms in total. The maximum atomic E-state index is 11.7. The van der Waals surface area contributed by atoms with Gasteiger partial charge in [0.25, 0.3) is 0 Å². The molecule has 2 aliphatic rings. The third-order valence-corrected chi connectivity index (χ3v) is 4.38. The van der Waals surface area contributed by atoms with Crippen molar-refractivity contribution in [2.45, 2.75) is 63.9 Å². The summed E-state index contributed by atoms with van der Waals surface area (Å²) in [5, 5.41) is 13.3. The maximum absolute atomic E-state index is 11.7. The standard InChI is InChI=1S/C14H25NO2/c1-11-4-3-7-14(17,9-11)10-15-13(16)8-12-5-2-6-12/h11-12,17H,2-10H2,1H3,(H,15,16). The van der Waals surface area contributed by atoms with Gasteiger partial charge in [0.05, 0.1) is 5.60 Å². The van der Waals surface area contributed by atoms with E-state index in [1.807, 2.05) is 0 Å². The van der Waals surface area contributed by atoms with Crippen molar-refractivity contribution in [3.63, 3.8) is 0 Å². The second kappa shape index (κ2) is 5.38. The lowest BCUT2D eigenvalue weighted by molar-refractivity contribution is -0.124. The molecule has 2 saturated carbocycles. The number of hydrogen-bond donors (Lipinski definition) is 2. The van der Waals surface area contributed by atoms with Gasteiger partial charge in [0.15, 0.2) is 0 Å². The van der Waals surface area contributed by atoms with Crippen molar-refractivity contribution in [3.8, 4) is 0 Å². The highest BCUT2D eigenvalue weighted by atomic mass is 16.3. The van der Waals surface area contributed by atoms with Crippen molar-refractivity contribution in [2.75, 3.05) is 6.54 Å². The normalized spacial score (nSPS) is 34.1. The van der Waals surface area contributed by atoms with Gasteiger partial charge in [-0.2, -0.15) is 0 Å². The highest BCUT2D eigenvalue weighted by Crippen LogP contribution is 2.32. The van der Waals surface area contributed by atoms with Crippen molar-refractivity contribution in [1.82, 2.24) is 5.32 Å². The first kappa shape index (κ1) is 12.9. The van der Waals surface area contributed by atoms with Gasteiger partial charge >= 0.3 is 0 Å². The molecule has 1 amide bonds. The molecule has 0 aliphatic heterocycles. The molecule has 0 spiro atoms. The molecule has 2 atom stereocenters. The molecule has 0 aromatic carbocycles. The number of carbonyl (C=O) groups is 1. The van der Waals surface area contributed by atoms with Crippen LogP contribution in [0, 0.1) is 11.8 Å². The molecule has 0 bridgehead atoms. The predicted molar refractivity (Wildman–Crippen MR) is 67.5 cm³/mol. The second-order valence-electron chi connectivity index (χ2n) is 6.20. The van der Waals surface area contributed by atoms with E-state index < -0.39 is 5.60 Å². The minimum absolute atomic E-state index is 0.126. The monoisotopic (exact) mass is 239 g/mol. The fraction of sp³-hybridized carbons (Fsp3) is 0.929. The Kier molecular flexibility index (Phi) is 4.08. The first-order valence-corrected chi connectivity index (χ1v) is 7.06. The van der Waals surface area contributed by atoms with Gasteiger partial charge in [-0.25, -0.2) is 0 Å². The van der Waals surface area contributed by atoms with Crippen molar-refractivity contribution in [2.24, 2.45) is 11.8 Å². The zero-order chi connectivity index (χ0) is 12.3. The van der Waals surface area contributed by atoms with Gasteiger partial charge in [0.1, 0.15) is 0 Å². The molecule has 2 unspecified atom stereocenters. The number of nitrogens with one attached hydrogen (secondary N) is 1. The Labute approximate surface area is 104 Å². The molecule has 2 fully saturated rings. The predicted octanol–water partition coefficient (Wildman–Crippen LogP) is 2.23. The van der Waals surface area contributed by atoms with Crippen LogP contribution in [0.5, 0.6) is 0 Å². The van der Waals surface area contributed by atoms with Gasteiger partial charge in [0.2, 0.25) is 5.91 Å². The third-order valence-electron chi connectivity index (χ3n) is 4.38. The topological polar surface area (TPSA) is 49.3 Å². The maximum Gasteiger partial charge on any atom is 0.220 e. The van der Waals surface area contributed by atoms with E-state index in [1.54, 1.807) is 0 Å². The van der Waals surface area contributed by atoms with E-state index >= 15 is 0 Å². The quantitative estimate of drug-likeness (QED) is 0.790. The van der Waals surface area contributed by atoms with Crippen LogP contribution in [0.2, 0.25) is 0 Å². The van der Waals surface area contributed by atoms with Crippen LogP contribution in [0.25, 0.3) is 0 Å². The van der Waals surface area contributed by atoms with Crippen LogP contribution in [0.15, 0.2) is 0 Å². The van der Waals surface area contributed by atoms with Crippen molar-refractivity contribution < 1.29 is 9.90 Å². The molecule has 2 aliphatic carbocycles. The Balaban J connectivity index is 1.70. The minimum atomic E-state index is -0.646. The summed E-state index contributed by atoms with van der Waals surface area (Å²) in [5.41, 5.74) is -0.646. The smallest absolute Gasteiger partial charge is 0.220 e. The van der Waals surface area contributed by atoms with Crippen molar-refractivity contribution >= 4 is 5.91 Å². The highest BCUT2D eigenvalue weighted by molar-refractivity contribution is 5.76. The van der Waals surface area contributed by atoms with Crippen LogP contribution >= 0.6 is 0 Å². The third kappa shape index (κ3) is 3.70. The van der Waals surface area contributed by atoms with Crippen LogP contribution in [-0.2, 0) is 4.79 Å². The van der Waals surface area contributed by atoms with Crippen LogP contribution in [0.1, 0.15) is 58.3 Å². The zero-order valence-electron chi connectivity index (χ0n) is 10.9. The molecule has 98 valence electrons. The lowest BCUT2D eigenvalue weighted by Gasteiger charge is -2.36. The minimum Gasteiger partial charge on any atom is -0.388 e. The summed E-state index contributed by atoms with van der Waals surface area (Å²) >= 11 is 0. The lowest BCUT2D eigenvalue weighted by Crippen LogP contribution is -2.46. The second-order valence-corrected chi connectivity index (χ2v) is 6.20. The molecule has 2 N–H and O–H groups in total. The number of amides is 1. The van der Waals surface area contributed by atoms with Crippen molar-refractivity contribution in [3.05, 3.63) is 0 Å². The summed E-state index contributed by atoms with van der Waals surface area (Å²) in [6.07, 6.45) is 8.29. The van der Waals surface area contributed by atoms with E-state index in [0.29, 0.717) is 24.8 Å². The Morgan fingerprint density at radius 2 is 2.12 bits per heavy atom. The van der Waals surface area contributed by atoms with Gasteiger partial charge in [0, 0.05) is 13.0 Å². The SMILES string of the molecule is CC1CCCC(O)(CNC(=O)CC2CCC2)C1. The first-order valence-electron chi connectivity index (χ1n) is 7.06. The summed E-state index contributed by atoms with van der Waals surface area (Å²) in [6, 6.07) is 0. The molecule has 17 heavy (non-hydrogen) atoms. The molecule has 0 radical (unpaired) electrons. The van der Waals surface area contributed by atoms with Crippen molar-refractivity contribution in [1.29, 1.82) is 0 Å². The van der Waals surface area contributed by atoms with E-state index in [2.05, 4.69) is 12.2 Å². The highest BCUT2D eigenvalue weighted by Gasteiger charge is 2.33. The summed E-state index contributed by atoms with van der Waals surface area (Å²) < 4.78 is 0. The number of aliphatic hydroxyl groups is 1. The number of hydrogen-bond acceptors (Lipinski definition) is 2. The summed E-state index contributed by atoms with van der Waals surface area (Å²) in [6.45, 7) is 2.63. The van der Waals surface area contributed by atoms with Crippen LogP contribution in [0.4, 0.5) is 0 Å². The Hall–Kier alpha value is -0.570. The molecule has 2 rings (SSSR count). The summed E-state index contributed by atoms with van der Waals surface area (Å²) in [7, 11) is 0. The summed E-state index contributed by atoms with van der Waals surface area (Å²) in [5.74, 6) is 1.31. The summed E-state index contributed by atoms with van der Waals surface area (Å²) in [4.78, 5) is 11.7. The lowest BCUT2D eigenvalue weighted by atomic mass is 9.78. The molecule has 3 heteroatoms. The van der Waals surface area contributed by atoms with E-state index in [9.17, 15) is 9.90 Å². The fourth-order valence-electron chi connectivity index (χ4n) is 3.09. The molecule has 0 heterocycles. The van der Waals surface area contributed by atoms with Crippen LogP contribution < -0.4 is 5.32 Å². The molecular weight excluding hydrogens is 214 g/mol. The molecular formula is C14H25NO2. The number of rotatable bonds is 4. The van der Waals surface area contributed by atoms with Gasteiger partial charge in [-0.1, -0.05) is 26.2 Å². The van der Waals surface area contributed by atoms with E-state index in [4.69, 9.17) is 0 Å². The van der Waals surface area contributed by atoms with Crippen LogP contribution in [0.3, 0.4) is 0 Å². The average molecular weight is 239 g/mol. The van der Waals surface area contributed by atoms with Gasteiger partial charge < -0.3 is 10.4 Å². The van der Waals surface area contributed by atoms with Gasteiger partial charge in [-0.3, -0.25) is 4.79 Å². The zero-order valence-corrected chi connectivity index (χ0v) is 10.9. The fourth-order valence-corrected chi connectivity index (χ4v) is 3.09. The molecule has 0 aromatic heterocycles. The molecule has 0 aromatic rings. The van der Waals surface area contributed by atoms with E-state index in [-0.39, 0.29) is 5.91 Å². The Morgan fingerprint density at radius 1 is 1.35 bits per heavy atom.